The van der Waals surface area contributed by atoms with Crippen molar-refractivity contribution in [2.24, 2.45) is 17.4 Å². The Balaban J connectivity index is 1.62. The summed E-state index contributed by atoms with van der Waals surface area (Å²) in [5.74, 6) is -0.724. The zero-order valence-corrected chi connectivity index (χ0v) is 15.2. The second kappa shape index (κ2) is 7.40. The van der Waals surface area contributed by atoms with E-state index in [-0.39, 0.29) is 23.2 Å². The molecule has 144 valence electrons. The third-order valence-electron chi connectivity index (χ3n) is 4.84. The highest BCUT2D eigenvalue weighted by Gasteiger charge is 2.28. The first-order valence-corrected chi connectivity index (χ1v) is 9.13. The number of hydrogen-bond acceptors (Lipinski definition) is 6. The molecule has 6 N–H and O–H groups in total. The highest BCUT2D eigenvalue weighted by molar-refractivity contribution is 5.99. The predicted octanol–water partition coefficient (Wildman–Crippen LogP) is 2.76. The first-order valence-electron chi connectivity index (χ1n) is 9.13. The number of nitrogens with one attached hydrogen (secondary N) is 2. The summed E-state index contributed by atoms with van der Waals surface area (Å²) in [6.45, 7) is 0.408. The van der Waals surface area contributed by atoms with Crippen LogP contribution in [-0.4, -0.2) is 28.5 Å². The maximum atomic E-state index is 14.4. The smallest absolute Gasteiger partial charge is 0.252 e. The van der Waals surface area contributed by atoms with Gasteiger partial charge in [0, 0.05) is 29.9 Å². The van der Waals surface area contributed by atoms with Gasteiger partial charge in [-0.2, -0.15) is 0 Å². The summed E-state index contributed by atoms with van der Waals surface area (Å²) >= 11 is 0. The number of carbonyl (C=O) groups excluding carboxylic acids is 1. The normalized spacial score (nSPS) is 14.6. The Morgan fingerprint density at radius 1 is 1.25 bits per heavy atom. The Labute approximate surface area is 161 Å². The SMILES string of the molecule is NC(=O)c1cc(F)c(NCC(N)C2CC2)nc1Nc1ccc2ncccc2c1. The summed E-state index contributed by atoms with van der Waals surface area (Å²) in [5, 5.41) is 6.92. The topological polar surface area (TPSA) is 119 Å². The molecule has 1 fully saturated rings. The van der Waals surface area contributed by atoms with Gasteiger partial charge in [0.05, 0.1) is 11.1 Å². The zero-order chi connectivity index (χ0) is 19.7. The molecule has 1 amide bonds. The second-order valence-electron chi connectivity index (χ2n) is 7.00. The maximum absolute atomic E-state index is 14.4. The third-order valence-corrected chi connectivity index (χ3v) is 4.84. The molecule has 0 aliphatic heterocycles. The van der Waals surface area contributed by atoms with Crippen molar-refractivity contribution >= 4 is 34.1 Å². The number of nitrogens with zero attached hydrogens (tertiary/aromatic N) is 2. The maximum Gasteiger partial charge on any atom is 0.252 e. The largest absolute Gasteiger partial charge is 0.366 e. The van der Waals surface area contributed by atoms with Gasteiger partial charge in [-0.25, -0.2) is 9.37 Å². The number of benzene rings is 1. The van der Waals surface area contributed by atoms with Gasteiger partial charge in [0.25, 0.3) is 5.91 Å². The van der Waals surface area contributed by atoms with Gasteiger partial charge in [-0.3, -0.25) is 9.78 Å². The van der Waals surface area contributed by atoms with E-state index in [1.54, 1.807) is 12.3 Å². The zero-order valence-electron chi connectivity index (χ0n) is 15.2. The van der Waals surface area contributed by atoms with Crippen molar-refractivity contribution < 1.29 is 9.18 Å². The number of anilines is 3. The summed E-state index contributed by atoms with van der Waals surface area (Å²) in [5.41, 5.74) is 13.0. The van der Waals surface area contributed by atoms with Crippen molar-refractivity contribution in [1.82, 2.24) is 9.97 Å². The van der Waals surface area contributed by atoms with Gasteiger partial charge in [-0.15, -0.1) is 0 Å². The van der Waals surface area contributed by atoms with Crippen molar-refractivity contribution in [2.75, 3.05) is 17.2 Å². The average molecular weight is 380 g/mol. The molecule has 1 aliphatic carbocycles. The van der Waals surface area contributed by atoms with Crippen LogP contribution in [0.15, 0.2) is 42.6 Å². The minimum atomic E-state index is -0.766. The van der Waals surface area contributed by atoms with Gasteiger partial charge in [-0.1, -0.05) is 6.07 Å². The van der Waals surface area contributed by atoms with Crippen molar-refractivity contribution in [3.8, 4) is 0 Å². The monoisotopic (exact) mass is 380 g/mol. The summed E-state index contributed by atoms with van der Waals surface area (Å²) in [7, 11) is 0. The van der Waals surface area contributed by atoms with Crippen LogP contribution in [0.2, 0.25) is 0 Å². The van der Waals surface area contributed by atoms with E-state index < -0.39 is 11.7 Å². The lowest BCUT2D eigenvalue weighted by Crippen LogP contribution is -2.31. The molecule has 1 aromatic carbocycles. The van der Waals surface area contributed by atoms with Gasteiger partial charge in [0.15, 0.2) is 11.6 Å². The van der Waals surface area contributed by atoms with Crippen LogP contribution in [0.4, 0.5) is 21.7 Å². The van der Waals surface area contributed by atoms with E-state index in [1.807, 2.05) is 24.3 Å². The molecule has 28 heavy (non-hydrogen) atoms. The van der Waals surface area contributed by atoms with Crippen LogP contribution in [-0.2, 0) is 0 Å². The van der Waals surface area contributed by atoms with Crippen LogP contribution >= 0.6 is 0 Å². The molecule has 1 saturated carbocycles. The van der Waals surface area contributed by atoms with E-state index in [4.69, 9.17) is 11.5 Å². The lowest BCUT2D eigenvalue weighted by Gasteiger charge is -2.16. The number of fused-ring (bicyclic) bond motifs is 1. The summed E-state index contributed by atoms with van der Waals surface area (Å²) in [4.78, 5) is 20.3. The van der Waals surface area contributed by atoms with Crippen molar-refractivity contribution in [3.05, 3.63) is 54.0 Å². The number of pyridine rings is 2. The molecule has 4 rings (SSSR count). The van der Waals surface area contributed by atoms with Crippen LogP contribution < -0.4 is 22.1 Å². The number of amides is 1. The molecule has 3 aromatic rings. The number of halogens is 1. The van der Waals surface area contributed by atoms with E-state index in [1.165, 1.54) is 0 Å². The van der Waals surface area contributed by atoms with Crippen LogP contribution in [0.25, 0.3) is 10.9 Å². The molecule has 1 aliphatic rings. The molecule has 0 saturated heterocycles. The van der Waals surface area contributed by atoms with Gasteiger partial charge in [-0.05, 0) is 49.1 Å². The summed E-state index contributed by atoms with van der Waals surface area (Å²) in [6, 6.07) is 10.3. The number of rotatable bonds is 7. The molecule has 0 bridgehead atoms. The van der Waals surface area contributed by atoms with E-state index in [2.05, 4.69) is 20.6 Å². The van der Waals surface area contributed by atoms with E-state index >= 15 is 0 Å². The van der Waals surface area contributed by atoms with Crippen molar-refractivity contribution in [1.29, 1.82) is 0 Å². The Hall–Kier alpha value is -3.26. The molecule has 1 atom stereocenters. The van der Waals surface area contributed by atoms with Gasteiger partial charge in [0.2, 0.25) is 0 Å². The third kappa shape index (κ3) is 3.86. The fourth-order valence-electron chi connectivity index (χ4n) is 3.09. The van der Waals surface area contributed by atoms with Crippen LogP contribution in [0, 0.1) is 11.7 Å². The van der Waals surface area contributed by atoms with E-state index in [0.717, 1.165) is 29.8 Å². The molecular formula is C20H21FN6O. The van der Waals surface area contributed by atoms with E-state index in [9.17, 15) is 9.18 Å². The minimum Gasteiger partial charge on any atom is -0.366 e. The lowest BCUT2D eigenvalue weighted by atomic mass is 10.2. The second-order valence-corrected chi connectivity index (χ2v) is 7.00. The lowest BCUT2D eigenvalue weighted by molar-refractivity contribution is 0.100. The van der Waals surface area contributed by atoms with Gasteiger partial charge >= 0.3 is 0 Å². The number of primary amides is 1. The Bertz CT molecular complexity index is 1040. The molecule has 2 heterocycles. The predicted molar refractivity (Wildman–Crippen MR) is 107 cm³/mol. The summed E-state index contributed by atoms with van der Waals surface area (Å²) < 4.78 is 14.4. The van der Waals surface area contributed by atoms with Gasteiger partial charge in [0.1, 0.15) is 5.82 Å². The van der Waals surface area contributed by atoms with Crippen LogP contribution in [0.3, 0.4) is 0 Å². The molecule has 1 unspecified atom stereocenters. The highest BCUT2D eigenvalue weighted by atomic mass is 19.1. The minimum absolute atomic E-state index is 0.0270. The fraction of sp³-hybridized carbons (Fsp3) is 0.250. The first kappa shape index (κ1) is 18.1. The standard InChI is InChI=1S/C20H21FN6O/c21-15-9-14(18(23)28)19(27-20(15)25-10-16(22)11-3-4-11)26-13-5-6-17-12(8-13)2-1-7-24-17/h1-2,5-9,11,16H,3-4,10,22H2,(H2,23,28)(H2,25,26,27). The molecule has 0 radical (unpaired) electrons. The van der Waals surface area contributed by atoms with Gasteiger partial charge < -0.3 is 22.1 Å². The first-order chi connectivity index (χ1) is 13.5. The fourth-order valence-corrected chi connectivity index (χ4v) is 3.09. The van der Waals surface area contributed by atoms with Crippen molar-refractivity contribution in [2.45, 2.75) is 18.9 Å². The molecule has 7 nitrogen and oxygen atoms in total. The Morgan fingerprint density at radius 3 is 2.82 bits per heavy atom. The molecular weight excluding hydrogens is 359 g/mol. The van der Waals surface area contributed by atoms with E-state index in [0.29, 0.717) is 18.2 Å². The number of nitrogens with two attached hydrogens (primary N) is 2. The Kier molecular flexibility index (Phi) is 4.79. The van der Waals surface area contributed by atoms with Crippen LogP contribution in [0.1, 0.15) is 23.2 Å². The number of aromatic nitrogens is 2. The molecule has 8 heteroatoms. The average Bonchev–Trinajstić information content (AvgIpc) is 3.53. The highest BCUT2D eigenvalue weighted by Crippen LogP contribution is 2.32. The Morgan fingerprint density at radius 2 is 2.07 bits per heavy atom. The number of hydrogen-bond donors (Lipinski definition) is 4. The number of carbonyl (C=O) groups is 1. The quantitative estimate of drug-likeness (QED) is 0.500. The van der Waals surface area contributed by atoms with Crippen LogP contribution in [0.5, 0.6) is 0 Å². The van der Waals surface area contributed by atoms with Crippen molar-refractivity contribution in [3.63, 3.8) is 0 Å². The molecule has 0 spiro atoms. The molecule has 2 aromatic heterocycles. The summed E-state index contributed by atoms with van der Waals surface area (Å²) in [6.07, 6.45) is 3.92.